The van der Waals surface area contributed by atoms with Gasteiger partial charge in [-0.05, 0) is 25.1 Å². The number of benzene rings is 1. The van der Waals surface area contributed by atoms with Crippen molar-refractivity contribution in [3.05, 3.63) is 48.3 Å². The molecule has 0 radical (unpaired) electrons. The fourth-order valence-electron chi connectivity index (χ4n) is 2.23. The van der Waals surface area contributed by atoms with Gasteiger partial charge in [-0.15, -0.1) is 0 Å². The quantitative estimate of drug-likeness (QED) is 0.874. The maximum Gasteiger partial charge on any atom is 0.0645 e. The second kappa shape index (κ2) is 5.83. The fourth-order valence-corrected chi connectivity index (χ4v) is 2.23. The van der Waals surface area contributed by atoms with Gasteiger partial charge in [-0.3, -0.25) is 0 Å². The molecule has 0 aliphatic rings. The average molecular weight is 243 g/mol. The molecular formula is C15H21N3. The zero-order valence-electron chi connectivity index (χ0n) is 11.3. The van der Waals surface area contributed by atoms with Crippen LogP contribution in [-0.2, 0) is 0 Å². The summed E-state index contributed by atoms with van der Waals surface area (Å²) in [5.74, 6) is 0.600. The lowest BCUT2D eigenvalue weighted by Crippen LogP contribution is -2.22. The van der Waals surface area contributed by atoms with Crippen LogP contribution in [-0.4, -0.2) is 16.8 Å². The molecule has 1 heterocycles. The molecule has 1 N–H and O–H groups in total. The van der Waals surface area contributed by atoms with Gasteiger partial charge in [0.25, 0.3) is 0 Å². The molecule has 0 spiro atoms. The standard InChI is InChI=1S/C15H21N3/c1-4-12(2)15(16-3)13-10-17-18(11-13)14-8-6-5-7-9-14/h5-12,15-16H,4H2,1-3H3. The summed E-state index contributed by atoms with van der Waals surface area (Å²) in [6.45, 7) is 4.48. The van der Waals surface area contributed by atoms with Gasteiger partial charge in [0.15, 0.2) is 0 Å². The largest absolute Gasteiger partial charge is 0.313 e. The minimum absolute atomic E-state index is 0.368. The Morgan fingerprint density at radius 3 is 2.61 bits per heavy atom. The van der Waals surface area contributed by atoms with E-state index in [4.69, 9.17) is 0 Å². The monoisotopic (exact) mass is 243 g/mol. The minimum Gasteiger partial charge on any atom is -0.313 e. The normalized spacial score (nSPS) is 14.4. The molecule has 3 heteroatoms. The van der Waals surface area contributed by atoms with Gasteiger partial charge in [-0.2, -0.15) is 5.10 Å². The van der Waals surface area contributed by atoms with Crippen LogP contribution in [0.2, 0.25) is 0 Å². The Kier molecular flexibility index (Phi) is 4.15. The van der Waals surface area contributed by atoms with Crippen molar-refractivity contribution >= 4 is 0 Å². The van der Waals surface area contributed by atoms with E-state index < -0.39 is 0 Å². The number of hydrogen-bond donors (Lipinski definition) is 1. The third kappa shape index (κ3) is 2.62. The molecular weight excluding hydrogens is 222 g/mol. The molecule has 0 fully saturated rings. The van der Waals surface area contributed by atoms with Crippen LogP contribution in [0.1, 0.15) is 31.9 Å². The Hall–Kier alpha value is -1.61. The summed E-state index contributed by atoms with van der Waals surface area (Å²) in [6.07, 6.45) is 5.23. The van der Waals surface area contributed by atoms with Gasteiger partial charge >= 0.3 is 0 Å². The van der Waals surface area contributed by atoms with Crippen molar-refractivity contribution in [3.63, 3.8) is 0 Å². The topological polar surface area (TPSA) is 29.9 Å². The van der Waals surface area contributed by atoms with Crippen molar-refractivity contribution in [2.24, 2.45) is 5.92 Å². The Morgan fingerprint density at radius 2 is 2.00 bits per heavy atom. The molecule has 1 aromatic carbocycles. The molecule has 0 amide bonds. The van der Waals surface area contributed by atoms with Crippen molar-refractivity contribution in [1.82, 2.24) is 15.1 Å². The minimum atomic E-state index is 0.368. The predicted octanol–water partition coefficient (Wildman–Crippen LogP) is 3.18. The van der Waals surface area contributed by atoms with Crippen molar-refractivity contribution in [3.8, 4) is 5.69 Å². The summed E-state index contributed by atoms with van der Waals surface area (Å²) in [4.78, 5) is 0. The first-order valence-electron chi connectivity index (χ1n) is 6.53. The highest BCUT2D eigenvalue weighted by atomic mass is 15.3. The van der Waals surface area contributed by atoms with Gasteiger partial charge in [0.2, 0.25) is 0 Å². The van der Waals surface area contributed by atoms with E-state index in [1.54, 1.807) is 0 Å². The molecule has 0 saturated heterocycles. The fraction of sp³-hybridized carbons (Fsp3) is 0.400. The summed E-state index contributed by atoms with van der Waals surface area (Å²) in [6, 6.07) is 10.6. The number of rotatable bonds is 5. The lowest BCUT2D eigenvalue weighted by molar-refractivity contribution is 0.400. The highest BCUT2D eigenvalue weighted by Gasteiger charge is 2.17. The Balaban J connectivity index is 2.25. The summed E-state index contributed by atoms with van der Waals surface area (Å²) >= 11 is 0. The number of aromatic nitrogens is 2. The van der Waals surface area contributed by atoms with E-state index in [1.807, 2.05) is 36.1 Å². The molecule has 1 aromatic heterocycles. The van der Waals surface area contributed by atoms with E-state index in [9.17, 15) is 0 Å². The summed E-state index contributed by atoms with van der Waals surface area (Å²) in [7, 11) is 2.01. The van der Waals surface area contributed by atoms with E-state index in [-0.39, 0.29) is 0 Å². The van der Waals surface area contributed by atoms with Crippen LogP contribution in [0.4, 0.5) is 0 Å². The van der Waals surface area contributed by atoms with Crippen LogP contribution in [0.25, 0.3) is 5.69 Å². The van der Waals surface area contributed by atoms with Gasteiger partial charge in [0.05, 0.1) is 11.9 Å². The highest BCUT2D eigenvalue weighted by Crippen LogP contribution is 2.24. The molecule has 0 aliphatic heterocycles. The van der Waals surface area contributed by atoms with Crippen LogP contribution in [0.15, 0.2) is 42.7 Å². The van der Waals surface area contributed by atoms with E-state index in [2.05, 4.69) is 42.6 Å². The molecule has 2 aromatic rings. The van der Waals surface area contributed by atoms with Gasteiger partial charge in [-0.1, -0.05) is 38.5 Å². The van der Waals surface area contributed by atoms with E-state index in [0.29, 0.717) is 12.0 Å². The summed E-state index contributed by atoms with van der Waals surface area (Å²) in [5, 5.41) is 7.83. The van der Waals surface area contributed by atoms with Gasteiger partial charge in [-0.25, -0.2) is 4.68 Å². The van der Waals surface area contributed by atoms with Crippen molar-refractivity contribution in [1.29, 1.82) is 0 Å². The third-order valence-corrected chi connectivity index (χ3v) is 3.51. The molecule has 2 unspecified atom stereocenters. The molecule has 96 valence electrons. The Bertz CT molecular complexity index is 475. The van der Waals surface area contributed by atoms with Crippen LogP contribution in [0, 0.1) is 5.92 Å². The molecule has 18 heavy (non-hydrogen) atoms. The first-order chi connectivity index (χ1) is 8.76. The van der Waals surface area contributed by atoms with Gasteiger partial charge in [0, 0.05) is 17.8 Å². The maximum atomic E-state index is 4.45. The zero-order valence-corrected chi connectivity index (χ0v) is 11.3. The first kappa shape index (κ1) is 12.8. The molecule has 2 rings (SSSR count). The second-order valence-electron chi connectivity index (χ2n) is 4.71. The maximum absolute atomic E-state index is 4.45. The Morgan fingerprint density at radius 1 is 1.28 bits per heavy atom. The van der Waals surface area contributed by atoms with Gasteiger partial charge < -0.3 is 5.32 Å². The van der Waals surface area contributed by atoms with Crippen LogP contribution in [0.3, 0.4) is 0 Å². The highest BCUT2D eigenvalue weighted by molar-refractivity contribution is 5.31. The number of nitrogens with zero attached hydrogens (tertiary/aromatic N) is 2. The van der Waals surface area contributed by atoms with Crippen molar-refractivity contribution < 1.29 is 0 Å². The third-order valence-electron chi connectivity index (χ3n) is 3.51. The van der Waals surface area contributed by atoms with E-state index in [0.717, 1.165) is 12.1 Å². The van der Waals surface area contributed by atoms with Crippen molar-refractivity contribution in [2.75, 3.05) is 7.05 Å². The van der Waals surface area contributed by atoms with Crippen LogP contribution < -0.4 is 5.32 Å². The summed E-state index contributed by atoms with van der Waals surface area (Å²) < 4.78 is 1.93. The van der Waals surface area contributed by atoms with Crippen LogP contribution in [0.5, 0.6) is 0 Å². The molecule has 0 saturated carbocycles. The lowest BCUT2D eigenvalue weighted by atomic mass is 9.95. The SMILES string of the molecule is CCC(C)C(NC)c1cnn(-c2ccccc2)c1. The second-order valence-corrected chi connectivity index (χ2v) is 4.71. The van der Waals surface area contributed by atoms with Crippen LogP contribution >= 0.6 is 0 Å². The Labute approximate surface area is 109 Å². The molecule has 2 atom stereocenters. The summed E-state index contributed by atoms with van der Waals surface area (Å²) in [5.41, 5.74) is 2.35. The predicted molar refractivity (Wildman–Crippen MR) is 74.8 cm³/mol. The van der Waals surface area contributed by atoms with Gasteiger partial charge in [0.1, 0.15) is 0 Å². The molecule has 0 bridgehead atoms. The molecule has 3 nitrogen and oxygen atoms in total. The number of nitrogens with one attached hydrogen (secondary N) is 1. The molecule has 0 aliphatic carbocycles. The number of hydrogen-bond acceptors (Lipinski definition) is 2. The van der Waals surface area contributed by atoms with E-state index >= 15 is 0 Å². The van der Waals surface area contributed by atoms with Crippen molar-refractivity contribution in [2.45, 2.75) is 26.3 Å². The average Bonchev–Trinajstić information content (AvgIpc) is 2.90. The zero-order chi connectivity index (χ0) is 13.0. The first-order valence-corrected chi connectivity index (χ1v) is 6.53. The number of para-hydroxylation sites is 1. The smallest absolute Gasteiger partial charge is 0.0645 e. The van der Waals surface area contributed by atoms with E-state index in [1.165, 1.54) is 5.56 Å². The lowest BCUT2D eigenvalue weighted by Gasteiger charge is -2.20.